The molecular weight excluding hydrogens is 262 g/mol. The highest BCUT2D eigenvalue weighted by molar-refractivity contribution is 5.94. The zero-order valence-corrected chi connectivity index (χ0v) is 12.5. The van der Waals surface area contributed by atoms with E-state index in [0.29, 0.717) is 24.3 Å². The second kappa shape index (κ2) is 6.88. The van der Waals surface area contributed by atoms with Crippen LogP contribution >= 0.6 is 0 Å². The number of benzene rings is 1. The molecule has 1 amide bonds. The van der Waals surface area contributed by atoms with Crippen LogP contribution in [0.3, 0.4) is 0 Å². The van der Waals surface area contributed by atoms with E-state index in [2.05, 4.69) is 11.9 Å². The van der Waals surface area contributed by atoms with Gasteiger partial charge < -0.3 is 10.6 Å². The number of nitrogen functional groups attached to an aromatic ring is 1. The number of aryl methyl sites for hydroxylation is 1. The fraction of sp³-hybridized carbons (Fsp3) is 0.294. The molecule has 21 heavy (non-hydrogen) atoms. The van der Waals surface area contributed by atoms with E-state index < -0.39 is 0 Å². The van der Waals surface area contributed by atoms with E-state index in [9.17, 15) is 4.79 Å². The minimum Gasteiger partial charge on any atom is -0.398 e. The Balaban J connectivity index is 2.20. The highest BCUT2D eigenvalue weighted by atomic mass is 16.2. The van der Waals surface area contributed by atoms with Crippen molar-refractivity contribution in [3.8, 4) is 0 Å². The highest BCUT2D eigenvalue weighted by Crippen LogP contribution is 2.16. The largest absolute Gasteiger partial charge is 0.398 e. The van der Waals surface area contributed by atoms with Gasteiger partial charge in [-0.1, -0.05) is 25.1 Å². The van der Waals surface area contributed by atoms with Crippen molar-refractivity contribution in [2.45, 2.75) is 26.8 Å². The van der Waals surface area contributed by atoms with Crippen molar-refractivity contribution in [2.24, 2.45) is 0 Å². The van der Waals surface area contributed by atoms with Crippen molar-refractivity contribution in [1.82, 2.24) is 9.88 Å². The molecule has 2 N–H and O–H groups in total. The molecule has 0 spiro atoms. The Morgan fingerprint density at radius 1 is 1.24 bits per heavy atom. The zero-order valence-electron chi connectivity index (χ0n) is 12.5. The SMILES string of the molecule is CCCN(Cc1ccccc1N)C(=O)c1ccc(C)nc1. The molecule has 0 saturated carbocycles. The van der Waals surface area contributed by atoms with Crippen LogP contribution in [0.4, 0.5) is 5.69 Å². The van der Waals surface area contributed by atoms with Gasteiger partial charge in [0.15, 0.2) is 0 Å². The average Bonchev–Trinajstić information content (AvgIpc) is 2.49. The second-order valence-electron chi connectivity index (χ2n) is 5.11. The third-order valence-electron chi connectivity index (χ3n) is 3.36. The Morgan fingerprint density at radius 3 is 2.62 bits per heavy atom. The summed E-state index contributed by atoms with van der Waals surface area (Å²) in [6.07, 6.45) is 2.53. The molecule has 1 aromatic heterocycles. The third-order valence-corrected chi connectivity index (χ3v) is 3.36. The molecule has 4 heteroatoms. The van der Waals surface area contributed by atoms with Crippen molar-refractivity contribution in [3.63, 3.8) is 0 Å². The van der Waals surface area contributed by atoms with Gasteiger partial charge in [-0.3, -0.25) is 9.78 Å². The lowest BCUT2D eigenvalue weighted by molar-refractivity contribution is 0.0743. The van der Waals surface area contributed by atoms with E-state index in [0.717, 1.165) is 17.7 Å². The normalized spacial score (nSPS) is 10.4. The van der Waals surface area contributed by atoms with E-state index >= 15 is 0 Å². The number of nitrogens with zero attached hydrogens (tertiary/aromatic N) is 2. The number of pyridine rings is 1. The summed E-state index contributed by atoms with van der Waals surface area (Å²) in [7, 11) is 0. The number of nitrogens with two attached hydrogens (primary N) is 1. The van der Waals surface area contributed by atoms with Crippen molar-refractivity contribution < 1.29 is 4.79 Å². The summed E-state index contributed by atoms with van der Waals surface area (Å²) in [6.45, 7) is 5.18. The van der Waals surface area contributed by atoms with Gasteiger partial charge in [0.1, 0.15) is 0 Å². The van der Waals surface area contributed by atoms with Crippen LogP contribution in [0.1, 0.15) is 35.0 Å². The molecule has 2 rings (SSSR count). The standard InChI is InChI=1S/C17H21N3O/c1-3-10-20(12-15-6-4-5-7-16(15)18)17(21)14-9-8-13(2)19-11-14/h4-9,11H,3,10,12,18H2,1-2H3. The lowest BCUT2D eigenvalue weighted by atomic mass is 10.1. The highest BCUT2D eigenvalue weighted by Gasteiger charge is 2.16. The Morgan fingerprint density at radius 2 is 2.00 bits per heavy atom. The van der Waals surface area contributed by atoms with Crippen molar-refractivity contribution >= 4 is 11.6 Å². The van der Waals surface area contributed by atoms with Crippen LogP contribution in [0.15, 0.2) is 42.6 Å². The number of para-hydroxylation sites is 1. The van der Waals surface area contributed by atoms with E-state index in [-0.39, 0.29) is 5.91 Å². The molecule has 0 bridgehead atoms. The third kappa shape index (κ3) is 3.81. The number of hydrogen-bond acceptors (Lipinski definition) is 3. The van der Waals surface area contributed by atoms with Gasteiger partial charge in [0, 0.05) is 30.7 Å². The Kier molecular flexibility index (Phi) is 4.93. The van der Waals surface area contributed by atoms with E-state index in [1.54, 1.807) is 6.20 Å². The Bertz CT molecular complexity index is 608. The first-order valence-electron chi connectivity index (χ1n) is 7.17. The minimum absolute atomic E-state index is 0.00685. The van der Waals surface area contributed by atoms with Gasteiger partial charge >= 0.3 is 0 Å². The summed E-state index contributed by atoms with van der Waals surface area (Å²) >= 11 is 0. The van der Waals surface area contributed by atoms with Crippen molar-refractivity contribution in [3.05, 3.63) is 59.4 Å². The van der Waals surface area contributed by atoms with Crippen LogP contribution < -0.4 is 5.73 Å². The lowest BCUT2D eigenvalue weighted by Crippen LogP contribution is -2.31. The lowest BCUT2D eigenvalue weighted by Gasteiger charge is -2.23. The number of amides is 1. The van der Waals surface area contributed by atoms with Gasteiger partial charge in [-0.15, -0.1) is 0 Å². The molecule has 0 aliphatic carbocycles. The summed E-state index contributed by atoms with van der Waals surface area (Å²) < 4.78 is 0. The van der Waals surface area contributed by atoms with E-state index in [1.807, 2.05) is 48.2 Å². The fourth-order valence-corrected chi connectivity index (χ4v) is 2.18. The van der Waals surface area contributed by atoms with Gasteiger partial charge in [-0.25, -0.2) is 0 Å². The Labute approximate surface area is 125 Å². The van der Waals surface area contributed by atoms with E-state index in [4.69, 9.17) is 5.73 Å². The fourth-order valence-electron chi connectivity index (χ4n) is 2.18. The second-order valence-corrected chi connectivity index (χ2v) is 5.11. The smallest absolute Gasteiger partial charge is 0.255 e. The monoisotopic (exact) mass is 283 g/mol. The first-order chi connectivity index (χ1) is 10.1. The number of anilines is 1. The van der Waals surface area contributed by atoms with Crippen LogP contribution in [0, 0.1) is 6.92 Å². The summed E-state index contributed by atoms with van der Waals surface area (Å²) in [5.74, 6) is -0.00685. The maximum absolute atomic E-state index is 12.6. The summed E-state index contributed by atoms with van der Waals surface area (Å²) in [6, 6.07) is 11.3. The number of hydrogen-bond donors (Lipinski definition) is 1. The molecule has 0 unspecified atom stereocenters. The van der Waals surface area contributed by atoms with E-state index in [1.165, 1.54) is 0 Å². The molecule has 0 saturated heterocycles. The first kappa shape index (κ1) is 15.0. The molecule has 0 aliphatic heterocycles. The van der Waals surface area contributed by atoms with Crippen molar-refractivity contribution in [2.75, 3.05) is 12.3 Å². The van der Waals surface area contributed by atoms with Crippen LogP contribution in [-0.2, 0) is 6.54 Å². The minimum atomic E-state index is -0.00685. The topological polar surface area (TPSA) is 59.2 Å². The molecular formula is C17H21N3O. The molecule has 0 radical (unpaired) electrons. The van der Waals surface area contributed by atoms with Gasteiger partial charge in [-0.2, -0.15) is 0 Å². The molecule has 2 aromatic rings. The zero-order chi connectivity index (χ0) is 15.2. The maximum atomic E-state index is 12.6. The van der Waals surface area contributed by atoms with Crippen LogP contribution in [0.2, 0.25) is 0 Å². The predicted molar refractivity (Wildman–Crippen MR) is 84.9 cm³/mol. The summed E-state index contributed by atoms with van der Waals surface area (Å²) in [5.41, 5.74) is 9.18. The number of aromatic nitrogens is 1. The predicted octanol–water partition coefficient (Wildman–Crippen LogP) is 3.02. The number of carbonyl (C=O) groups excluding carboxylic acids is 1. The summed E-state index contributed by atoms with van der Waals surface area (Å²) in [4.78, 5) is 18.6. The summed E-state index contributed by atoms with van der Waals surface area (Å²) in [5, 5.41) is 0. The van der Waals surface area contributed by atoms with Gasteiger partial charge in [0.05, 0.1) is 5.56 Å². The molecule has 1 aromatic carbocycles. The molecule has 0 aliphatic rings. The number of rotatable bonds is 5. The average molecular weight is 283 g/mol. The van der Waals surface area contributed by atoms with Crippen LogP contribution in [-0.4, -0.2) is 22.3 Å². The van der Waals surface area contributed by atoms with Crippen LogP contribution in [0.25, 0.3) is 0 Å². The molecule has 0 fully saturated rings. The van der Waals surface area contributed by atoms with Gasteiger partial charge in [-0.05, 0) is 37.1 Å². The maximum Gasteiger partial charge on any atom is 0.255 e. The van der Waals surface area contributed by atoms with Crippen LogP contribution in [0.5, 0.6) is 0 Å². The Hall–Kier alpha value is -2.36. The molecule has 4 nitrogen and oxygen atoms in total. The molecule has 110 valence electrons. The van der Waals surface area contributed by atoms with Gasteiger partial charge in [0.2, 0.25) is 0 Å². The van der Waals surface area contributed by atoms with Crippen molar-refractivity contribution in [1.29, 1.82) is 0 Å². The molecule has 0 atom stereocenters. The molecule has 1 heterocycles. The van der Waals surface area contributed by atoms with Gasteiger partial charge in [0.25, 0.3) is 5.91 Å². The quantitative estimate of drug-likeness (QED) is 0.858. The number of carbonyl (C=O) groups is 1. The first-order valence-corrected chi connectivity index (χ1v) is 7.17.